The van der Waals surface area contributed by atoms with E-state index in [1.165, 1.54) is 19.4 Å². The number of ether oxygens (including phenoxy) is 1. The second-order valence-electron chi connectivity index (χ2n) is 3.90. The van der Waals surface area contributed by atoms with Gasteiger partial charge in [-0.25, -0.2) is 9.97 Å². The second-order valence-corrected chi connectivity index (χ2v) is 4.33. The van der Waals surface area contributed by atoms with Crippen LogP contribution in [0.4, 0.5) is 5.82 Å². The summed E-state index contributed by atoms with van der Waals surface area (Å²) in [5, 5.41) is 0.380. The molecule has 0 spiro atoms. The molecule has 0 saturated carbocycles. The zero-order valence-electron chi connectivity index (χ0n) is 10.3. The molecule has 2 heterocycles. The summed E-state index contributed by atoms with van der Waals surface area (Å²) in [5.74, 6) is 0.524. The van der Waals surface area contributed by atoms with Gasteiger partial charge in [0.25, 0.3) is 0 Å². The van der Waals surface area contributed by atoms with Crippen LogP contribution in [-0.2, 0) is 6.42 Å². The minimum atomic E-state index is -0.153. The lowest BCUT2D eigenvalue weighted by Crippen LogP contribution is -2.08. The fourth-order valence-electron chi connectivity index (χ4n) is 1.59. The molecular formula is C13H12ClN3O2. The first-order chi connectivity index (χ1) is 9.10. The Kier molecular flexibility index (Phi) is 3.97. The zero-order valence-corrected chi connectivity index (χ0v) is 11.0. The minimum Gasteiger partial charge on any atom is -0.481 e. The fourth-order valence-corrected chi connectivity index (χ4v) is 1.75. The number of pyridine rings is 2. The van der Waals surface area contributed by atoms with Crippen LogP contribution in [0.3, 0.4) is 0 Å². The number of rotatable bonds is 4. The van der Waals surface area contributed by atoms with Gasteiger partial charge in [0, 0.05) is 24.9 Å². The predicted octanol–water partition coefficient (Wildman–Crippen LogP) is 2.15. The van der Waals surface area contributed by atoms with Crippen molar-refractivity contribution >= 4 is 23.2 Å². The van der Waals surface area contributed by atoms with Crippen molar-refractivity contribution in [2.24, 2.45) is 0 Å². The van der Waals surface area contributed by atoms with E-state index in [0.29, 0.717) is 16.5 Å². The van der Waals surface area contributed by atoms with E-state index in [1.54, 1.807) is 18.3 Å². The number of Topliss-reactive ketones (excluding diaryl/α,β-unsaturated/α-hetero) is 1. The van der Waals surface area contributed by atoms with Crippen LogP contribution in [0.2, 0.25) is 5.02 Å². The van der Waals surface area contributed by atoms with Gasteiger partial charge in [-0.1, -0.05) is 17.7 Å². The highest BCUT2D eigenvalue weighted by atomic mass is 35.5. The summed E-state index contributed by atoms with van der Waals surface area (Å²) in [7, 11) is 1.53. The van der Waals surface area contributed by atoms with E-state index in [1.807, 2.05) is 0 Å². The maximum Gasteiger partial charge on any atom is 0.212 e. The number of carbonyl (C=O) groups is 1. The fraction of sp³-hybridized carbons (Fsp3) is 0.154. The largest absolute Gasteiger partial charge is 0.481 e. The van der Waals surface area contributed by atoms with E-state index in [-0.39, 0.29) is 18.0 Å². The van der Waals surface area contributed by atoms with Crippen LogP contribution in [0, 0.1) is 0 Å². The van der Waals surface area contributed by atoms with Gasteiger partial charge >= 0.3 is 0 Å². The maximum atomic E-state index is 12.1. The predicted molar refractivity (Wildman–Crippen MR) is 72.5 cm³/mol. The molecule has 2 aromatic heterocycles. The van der Waals surface area contributed by atoms with Crippen molar-refractivity contribution in [1.29, 1.82) is 0 Å². The Hall–Kier alpha value is -2.14. The van der Waals surface area contributed by atoms with E-state index in [4.69, 9.17) is 22.1 Å². The molecular weight excluding hydrogens is 266 g/mol. The molecule has 0 saturated heterocycles. The van der Waals surface area contributed by atoms with Crippen LogP contribution in [-0.4, -0.2) is 22.9 Å². The first-order valence-electron chi connectivity index (χ1n) is 5.53. The molecule has 0 aliphatic carbocycles. The summed E-state index contributed by atoms with van der Waals surface area (Å²) < 4.78 is 4.95. The molecule has 98 valence electrons. The molecule has 19 heavy (non-hydrogen) atoms. The van der Waals surface area contributed by atoms with Crippen molar-refractivity contribution in [3.8, 4) is 5.88 Å². The molecule has 0 unspecified atom stereocenters. The summed E-state index contributed by atoms with van der Waals surface area (Å²) in [6, 6.07) is 4.99. The number of carbonyl (C=O) groups excluding carboxylic acids is 1. The maximum absolute atomic E-state index is 12.1. The van der Waals surface area contributed by atoms with E-state index in [2.05, 4.69) is 9.97 Å². The third-order valence-corrected chi connectivity index (χ3v) is 2.76. The number of nitrogen functional groups attached to an aromatic ring is 1. The first-order valence-corrected chi connectivity index (χ1v) is 5.91. The van der Waals surface area contributed by atoms with Crippen molar-refractivity contribution in [2.75, 3.05) is 12.8 Å². The molecule has 0 aliphatic heterocycles. The highest BCUT2D eigenvalue weighted by Crippen LogP contribution is 2.17. The molecule has 2 N–H and O–H groups in total. The Labute approximate surface area is 115 Å². The number of halogens is 1. The van der Waals surface area contributed by atoms with Gasteiger partial charge in [-0.15, -0.1) is 0 Å². The lowest BCUT2D eigenvalue weighted by atomic mass is 10.1. The number of aromatic nitrogens is 2. The van der Waals surface area contributed by atoms with Crippen molar-refractivity contribution in [3.63, 3.8) is 0 Å². The normalized spacial score (nSPS) is 10.2. The average molecular weight is 278 g/mol. The Morgan fingerprint density at radius 3 is 2.79 bits per heavy atom. The van der Waals surface area contributed by atoms with E-state index >= 15 is 0 Å². The highest BCUT2D eigenvalue weighted by molar-refractivity contribution is 6.31. The van der Waals surface area contributed by atoms with Crippen LogP contribution >= 0.6 is 11.6 Å². The number of methoxy groups -OCH3 is 1. The Morgan fingerprint density at radius 1 is 1.37 bits per heavy atom. The quantitative estimate of drug-likeness (QED) is 0.866. The van der Waals surface area contributed by atoms with Crippen LogP contribution in [0.5, 0.6) is 5.88 Å². The summed E-state index contributed by atoms with van der Waals surface area (Å²) >= 11 is 5.80. The van der Waals surface area contributed by atoms with Crippen molar-refractivity contribution in [1.82, 2.24) is 9.97 Å². The Morgan fingerprint density at radius 2 is 2.16 bits per heavy atom. The summed E-state index contributed by atoms with van der Waals surface area (Å²) in [6.45, 7) is 0. The second kappa shape index (κ2) is 5.67. The van der Waals surface area contributed by atoms with Gasteiger partial charge in [0.2, 0.25) is 5.88 Å². The van der Waals surface area contributed by atoms with Crippen LogP contribution in [0.25, 0.3) is 0 Å². The van der Waals surface area contributed by atoms with Crippen molar-refractivity contribution in [2.45, 2.75) is 6.42 Å². The third-order valence-electron chi connectivity index (χ3n) is 2.56. The molecule has 0 bridgehead atoms. The van der Waals surface area contributed by atoms with Gasteiger partial charge in [0.05, 0.1) is 17.7 Å². The molecule has 0 aliphatic rings. The van der Waals surface area contributed by atoms with E-state index < -0.39 is 0 Å². The Balaban J connectivity index is 2.18. The van der Waals surface area contributed by atoms with Crippen molar-refractivity contribution in [3.05, 3.63) is 46.7 Å². The summed E-state index contributed by atoms with van der Waals surface area (Å²) in [5.41, 5.74) is 6.75. The lowest BCUT2D eigenvalue weighted by molar-refractivity contribution is 0.0993. The summed E-state index contributed by atoms with van der Waals surface area (Å²) in [4.78, 5) is 20.0. The Bertz CT molecular complexity index is 599. The monoisotopic (exact) mass is 277 g/mol. The standard InChI is InChI=1S/C13H12ClN3O2/c1-19-12-3-2-8(6-16-12)4-11(18)10-5-9(14)7-17-13(10)15/h2-3,5-7H,4H2,1H3,(H2,15,17). The SMILES string of the molecule is COc1ccc(CC(=O)c2cc(Cl)cnc2N)cn1. The van der Waals surface area contributed by atoms with Crippen molar-refractivity contribution < 1.29 is 9.53 Å². The van der Waals surface area contributed by atoms with E-state index in [0.717, 1.165) is 5.56 Å². The molecule has 0 atom stereocenters. The zero-order chi connectivity index (χ0) is 13.8. The molecule has 6 heteroatoms. The molecule has 0 aromatic carbocycles. The van der Waals surface area contributed by atoms with Gasteiger partial charge < -0.3 is 10.5 Å². The number of hydrogen-bond acceptors (Lipinski definition) is 5. The number of nitrogens with zero attached hydrogens (tertiary/aromatic N) is 2. The van der Waals surface area contributed by atoms with Crippen LogP contribution in [0.1, 0.15) is 15.9 Å². The molecule has 2 rings (SSSR count). The minimum absolute atomic E-state index is 0.153. The van der Waals surface area contributed by atoms with E-state index in [9.17, 15) is 4.79 Å². The smallest absolute Gasteiger partial charge is 0.212 e. The lowest BCUT2D eigenvalue weighted by Gasteiger charge is -2.05. The molecule has 0 amide bonds. The highest BCUT2D eigenvalue weighted by Gasteiger charge is 2.12. The number of anilines is 1. The van der Waals surface area contributed by atoms with Gasteiger partial charge in [0.15, 0.2) is 5.78 Å². The topological polar surface area (TPSA) is 78.1 Å². The average Bonchev–Trinajstić information content (AvgIpc) is 2.42. The number of ketones is 1. The first kappa shape index (κ1) is 13.3. The van der Waals surface area contributed by atoms with Gasteiger partial charge in [0.1, 0.15) is 5.82 Å². The van der Waals surface area contributed by atoms with Crippen LogP contribution < -0.4 is 10.5 Å². The van der Waals surface area contributed by atoms with Gasteiger partial charge in [-0.2, -0.15) is 0 Å². The molecule has 0 radical (unpaired) electrons. The number of nitrogens with two attached hydrogens (primary N) is 1. The summed E-state index contributed by atoms with van der Waals surface area (Å²) in [6.07, 6.45) is 3.18. The molecule has 2 aromatic rings. The van der Waals surface area contributed by atoms with Gasteiger partial charge in [-0.05, 0) is 11.6 Å². The van der Waals surface area contributed by atoms with Gasteiger partial charge in [-0.3, -0.25) is 4.79 Å². The number of hydrogen-bond donors (Lipinski definition) is 1. The van der Waals surface area contributed by atoms with Crippen LogP contribution in [0.15, 0.2) is 30.6 Å². The molecule has 0 fully saturated rings. The third kappa shape index (κ3) is 3.20. The molecule has 5 nitrogen and oxygen atoms in total.